The van der Waals surface area contributed by atoms with Crippen molar-refractivity contribution in [3.63, 3.8) is 0 Å². The van der Waals surface area contributed by atoms with Crippen LogP contribution in [0.5, 0.6) is 0 Å². The van der Waals surface area contributed by atoms with E-state index >= 15 is 0 Å². The second-order valence-electron chi connectivity index (χ2n) is 6.34. The smallest absolute Gasteiger partial charge is 0.256 e. The van der Waals surface area contributed by atoms with Gasteiger partial charge < -0.3 is 5.32 Å². The van der Waals surface area contributed by atoms with Crippen molar-refractivity contribution in [1.29, 1.82) is 0 Å². The fraction of sp³-hybridized carbons (Fsp3) is 0.222. The highest BCUT2D eigenvalue weighted by Crippen LogP contribution is 2.23. The molecule has 148 valence electrons. The van der Waals surface area contributed by atoms with Gasteiger partial charge in [0.1, 0.15) is 9.36 Å². The highest BCUT2D eigenvalue weighted by Gasteiger charge is 2.21. The average molecular weight is 439 g/mol. The molecule has 0 saturated carbocycles. The van der Waals surface area contributed by atoms with Crippen molar-refractivity contribution < 1.29 is 13.2 Å². The summed E-state index contributed by atoms with van der Waals surface area (Å²) < 4.78 is 24.3. The summed E-state index contributed by atoms with van der Waals surface area (Å²) in [4.78, 5) is 13.3. The molecule has 0 fully saturated rings. The van der Waals surface area contributed by atoms with Crippen LogP contribution in [-0.2, 0) is 23.1 Å². The number of benzene rings is 1. The van der Waals surface area contributed by atoms with Crippen LogP contribution in [0.3, 0.4) is 0 Å². The molecule has 0 atom stereocenters. The molecule has 10 heteroatoms. The molecular weight excluding hydrogens is 420 g/mol. The lowest BCUT2D eigenvalue weighted by Gasteiger charge is -2.05. The first-order valence-electron chi connectivity index (χ1n) is 8.33. The van der Waals surface area contributed by atoms with E-state index in [0.717, 1.165) is 22.5 Å². The minimum atomic E-state index is -3.74. The molecule has 3 rings (SSSR count). The summed E-state index contributed by atoms with van der Waals surface area (Å²) >= 11 is 7.41. The van der Waals surface area contributed by atoms with E-state index in [1.54, 1.807) is 17.7 Å². The third kappa shape index (κ3) is 4.61. The topological polar surface area (TPSA) is 107 Å². The van der Waals surface area contributed by atoms with Crippen LogP contribution in [-0.4, -0.2) is 24.1 Å². The molecule has 3 aromatic rings. The van der Waals surface area contributed by atoms with Crippen LogP contribution in [0.25, 0.3) is 0 Å². The van der Waals surface area contributed by atoms with E-state index in [2.05, 4.69) is 10.4 Å². The number of thiophene rings is 1. The van der Waals surface area contributed by atoms with Crippen LogP contribution in [0.1, 0.15) is 32.1 Å². The molecule has 0 radical (unpaired) electrons. The predicted molar refractivity (Wildman–Crippen MR) is 109 cm³/mol. The lowest BCUT2D eigenvalue weighted by atomic mass is 10.1. The second kappa shape index (κ2) is 8.04. The Kier molecular flexibility index (Phi) is 5.90. The van der Waals surface area contributed by atoms with Crippen molar-refractivity contribution >= 4 is 38.9 Å². The Labute approximate surface area is 172 Å². The third-order valence-corrected chi connectivity index (χ3v) is 6.99. The number of primary sulfonamides is 1. The maximum atomic E-state index is 12.6. The molecule has 28 heavy (non-hydrogen) atoms. The molecule has 0 aliphatic rings. The molecule has 7 nitrogen and oxygen atoms in total. The van der Waals surface area contributed by atoms with Gasteiger partial charge in [-0.15, -0.1) is 11.3 Å². The van der Waals surface area contributed by atoms with E-state index in [0.29, 0.717) is 22.7 Å². The summed E-state index contributed by atoms with van der Waals surface area (Å²) in [5.41, 5.74) is 3.00. The van der Waals surface area contributed by atoms with Gasteiger partial charge in [0.25, 0.3) is 5.91 Å². The number of nitrogens with one attached hydrogen (secondary N) is 1. The number of rotatable bonds is 6. The van der Waals surface area contributed by atoms with Crippen molar-refractivity contribution in [2.75, 3.05) is 0 Å². The van der Waals surface area contributed by atoms with Gasteiger partial charge in [0.05, 0.1) is 24.3 Å². The number of aryl methyl sites for hydroxylation is 2. The van der Waals surface area contributed by atoms with Gasteiger partial charge in [0.2, 0.25) is 10.0 Å². The van der Waals surface area contributed by atoms with Crippen LogP contribution < -0.4 is 10.5 Å². The summed E-state index contributed by atoms with van der Waals surface area (Å²) in [6, 6.07) is 11.0. The molecule has 0 saturated heterocycles. The molecule has 2 heterocycles. The molecule has 2 aromatic heterocycles. The Hall–Kier alpha value is -2.20. The fourth-order valence-electron chi connectivity index (χ4n) is 2.64. The Bertz CT molecular complexity index is 1120. The zero-order valence-corrected chi connectivity index (χ0v) is 17.7. The van der Waals surface area contributed by atoms with Crippen LogP contribution >= 0.6 is 22.9 Å². The number of sulfonamides is 1. The molecule has 0 spiro atoms. The van der Waals surface area contributed by atoms with Crippen molar-refractivity contribution in [2.24, 2.45) is 5.14 Å². The average Bonchev–Trinajstić information content (AvgIpc) is 3.20. The molecule has 0 unspecified atom stereocenters. The van der Waals surface area contributed by atoms with Crippen molar-refractivity contribution in [2.45, 2.75) is 31.1 Å². The monoisotopic (exact) mass is 438 g/mol. The number of carbonyl (C=O) groups is 1. The summed E-state index contributed by atoms with van der Waals surface area (Å²) in [5, 5.41) is 12.5. The Balaban J connectivity index is 1.72. The third-order valence-electron chi connectivity index (χ3n) is 4.09. The van der Waals surface area contributed by atoms with Crippen LogP contribution in [0.4, 0.5) is 0 Å². The lowest BCUT2D eigenvalue weighted by Crippen LogP contribution is -2.23. The molecule has 1 amide bonds. The van der Waals surface area contributed by atoms with E-state index in [9.17, 15) is 13.2 Å². The standard InChI is InChI=1S/C18H19ClN4O3S2/c1-11-3-5-13(6-4-11)10-23-17(19)16(12(2)22-23)18(24)21-9-14-7-8-15(27-14)28(20,25)26/h3-8H,9-10H2,1-2H3,(H,21,24)(H2,20,25,26). The van der Waals surface area contributed by atoms with Gasteiger partial charge in [0, 0.05) is 4.88 Å². The molecule has 0 bridgehead atoms. The number of nitrogens with zero attached hydrogens (tertiary/aromatic N) is 2. The van der Waals surface area contributed by atoms with E-state index in [4.69, 9.17) is 16.7 Å². The number of nitrogens with two attached hydrogens (primary N) is 1. The maximum Gasteiger partial charge on any atom is 0.256 e. The number of hydrogen-bond donors (Lipinski definition) is 2. The molecule has 0 aliphatic carbocycles. The Morgan fingerprint density at radius 1 is 1.21 bits per heavy atom. The molecule has 3 N–H and O–H groups in total. The van der Waals surface area contributed by atoms with E-state index < -0.39 is 10.0 Å². The predicted octanol–water partition coefficient (Wildman–Crippen LogP) is 2.84. The number of carbonyl (C=O) groups excluding carboxylic acids is 1. The number of halogens is 1. The maximum absolute atomic E-state index is 12.6. The lowest BCUT2D eigenvalue weighted by molar-refractivity contribution is 0.0950. The van der Waals surface area contributed by atoms with Gasteiger partial charge in [-0.05, 0) is 31.5 Å². The summed E-state index contributed by atoms with van der Waals surface area (Å²) in [6.07, 6.45) is 0. The fourth-order valence-corrected chi connectivity index (χ4v) is 4.68. The zero-order valence-electron chi connectivity index (χ0n) is 15.3. The summed E-state index contributed by atoms with van der Waals surface area (Å²) in [7, 11) is -3.74. The van der Waals surface area contributed by atoms with Crippen LogP contribution in [0.2, 0.25) is 5.15 Å². The normalized spacial score (nSPS) is 11.6. The number of hydrogen-bond acceptors (Lipinski definition) is 5. The van der Waals surface area contributed by atoms with Crippen molar-refractivity contribution in [1.82, 2.24) is 15.1 Å². The van der Waals surface area contributed by atoms with Gasteiger partial charge in [-0.2, -0.15) is 5.10 Å². The number of aromatic nitrogens is 2. The van der Waals surface area contributed by atoms with Crippen molar-refractivity contribution in [3.05, 3.63) is 68.8 Å². The minimum absolute atomic E-state index is 0.0527. The summed E-state index contributed by atoms with van der Waals surface area (Å²) in [6.45, 7) is 4.35. The second-order valence-corrected chi connectivity index (χ2v) is 9.66. The van der Waals surface area contributed by atoms with E-state index in [1.165, 1.54) is 6.07 Å². The number of amides is 1. The van der Waals surface area contributed by atoms with Gasteiger partial charge in [-0.1, -0.05) is 41.4 Å². The van der Waals surface area contributed by atoms with Gasteiger partial charge in [-0.3, -0.25) is 4.79 Å². The molecular formula is C18H19ClN4O3S2. The Morgan fingerprint density at radius 2 is 1.89 bits per heavy atom. The van der Waals surface area contributed by atoms with Crippen LogP contribution in [0.15, 0.2) is 40.6 Å². The van der Waals surface area contributed by atoms with Crippen LogP contribution in [0, 0.1) is 13.8 Å². The van der Waals surface area contributed by atoms with Crippen molar-refractivity contribution in [3.8, 4) is 0 Å². The highest BCUT2D eigenvalue weighted by molar-refractivity contribution is 7.91. The van der Waals surface area contributed by atoms with E-state index in [-0.39, 0.29) is 21.8 Å². The van der Waals surface area contributed by atoms with E-state index in [1.807, 2.05) is 31.2 Å². The zero-order chi connectivity index (χ0) is 20.5. The summed E-state index contributed by atoms with van der Waals surface area (Å²) in [5.74, 6) is -0.372. The SMILES string of the molecule is Cc1ccc(Cn2nc(C)c(C(=O)NCc3ccc(S(N)(=O)=O)s3)c2Cl)cc1. The minimum Gasteiger partial charge on any atom is -0.347 e. The quantitative estimate of drug-likeness (QED) is 0.616. The molecule has 0 aliphatic heterocycles. The highest BCUT2D eigenvalue weighted by atomic mass is 35.5. The Morgan fingerprint density at radius 3 is 2.50 bits per heavy atom. The first kappa shape index (κ1) is 20.5. The largest absolute Gasteiger partial charge is 0.347 e. The van der Waals surface area contributed by atoms with Gasteiger partial charge in [-0.25, -0.2) is 18.2 Å². The first-order valence-corrected chi connectivity index (χ1v) is 11.1. The molecule has 1 aromatic carbocycles. The van der Waals surface area contributed by atoms with Gasteiger partial charge >= 0.3 is 0 Å². The van der Waals surface area contributed by atoms with Gasteiger partial charge in [0.15, 0.2) is 0 Å². The first-order chi connectivity index (χ1) is 13.1.